The van der Waals surface area contributed by atoms with Gasteiger partial charge in [0, 0.05) is 17.0 Å². The maximum Gasteiger partial charge on any atom is 0.353 e. The molecule has 10 heteroatoms. The van der Waals surface area contributed by atoms with E-state index in [1.807, 2.05) is 56.3 Å². The molecule has 2 N–H and O–H groups in total. The van der Waals surface area contributed by atoms with E-state index in [2.05, 4.69) is 25.3 Å². The Kier molecular flexibility index (Phi) is 4.32. The average molecular weight is 414 g/mol. The highest BCUT2D eigenvalue weighted by atomic mass is 16.4. The lowest BCUT2D eigenvalue weighted by Crippen LogP contribution is -2.23. The van der Waals surface area contributed by atoms with Crippen molar-refractivity contribution < 1.29 is 4.42 Å². The van der Waals surface area contributed by atoms with Gasteiger partial charge in [-0.05, 0) is 31.5 Å². The third-order valence-electron chi connectivity index (χ3n) is 4.86. The molecule has 4 aromatic heterocycles. The Labute approximate surface area is 176 Å². The molecule has 1 aromatic carbocycles. The first-order valence-corrected chi connectivity index (χ1v) is 9.56. The standard InChI is InChI=1S/C21H18N8O2/c1-12-8-15(9-13(2)24-12)17-18(14-6-4-3-5-7-14)25-20(22)29-19(17)27-28(21(29)30)10-16-26-23-11-31-16/h3-9,11H,10H2,1-2H3,(H2,22,25). The highest BCUT2D eigenvalue weighted by Crippen LogP contribution is 2.34. The number of hydrogen-bond acceptors (Lipinski definition) is 8. The fourth-order valence-corrected chi connectivity index (χ4v) is 3.65. The molecule has 154 valence electrons. The molecule has 31 heavy (non-hydrogen) atoms. The van der Waals surface area contributed by atoms with Crippen molar-refractivity contribution in [2.24, 2.45) is 0 Å². The predicted octanol–water partition coefficient (Wildman–Crippen LogP) is 2.25. The summed E-state index contributed by atoms with van der Waals surface area (Å²) in [6.45, 7) is 3.86. The topological polar surface area (TPSA) is 130 Å². The molecule has 0 aliphatic carbocycles. The second-order valence-corrected chi connectivity index (χ2v) is 7.13. The lowest BCUT2D eigenvalue weighted by Gasteiger charge is -2.13. The lowest BCUT2D eigenvalue weighted by atomic mass is 9.99. The second kappa shape index (κ2) is 7.17. The zero-order valence-corrected chi connectivity index (χ0v) is 16.9. The van der Waals surface area contributed by atoms with Gasteiger partial charge in [0.05, 0.1) is 11.3 Å². The summed E-state index contributed by atoms with van der Waals surface area (Å²) in [5, 5.41) is 12.0. The Hall–Kier alpha value is -4.34. The van der Waals surface area contributed by atoms with Crippen LogP contribution >= 0.6 is 0 Å². The first-order valence-electron chi connectivity index (χ1n) is 9.56. The normalized spacial score (nSPS) is 11.3. The second-order valence-electron chi connectivity index (χ2n) is 7.13. The number of hydrogen-bond donors (Lipinski definition) is 1. The van der Waals surface area contributed by atoms with Crippen LogP contribution in [0.15, 0.2) is 58.1 Å². The van der Waals surface area contributed by atoms with Gasteiger partial charge in [0.1, 0.15) is 6.54 Å². The minimum absolute atomic E-state index is 0.0223. The fourth-order valence-electron chi connectivity index (χ4n) is 3.65. The van der Waals surface area contributed by atoms with Crippen LogP contribution in [-0.2, 0) is 6.54 Å². The van der Waals surface area contributed by atoms with E-state index >= 15 is 0 Å². The zero-order chi connectivity index (χ0) is 21.5. The number of fused-ring (bicyclic) bond motifs is 1. The number of nitrogens with zero attached hydrogens (tertiary/aromatic N) is 7. The number of rotatable bonds is 4. The Balaban J connectivity index is 1.85. The molecule has 4 heterocycles. The quantitative estimate of drug-likeness (QED) is 0.474. The smallest absolute Gasteiger partial charge is 0.353 e. The molecular formula is C21H18N8O2. The van der Waals surface area contributed by atoms with E-state index in [-0.39, 0.29) is 18.4 Å². The zero-order valence-electron chi connectivity index (χ0n) is 16.9. The molecule has 0 unspecified atom stereocenters. The monoisotopic (exact) mass is 414 g/mol. The first kappa shape index (κ1) is 18.7. The maximum absolute atomic E-state index is 13.1. The van der Waals surface area contributed by atoms with Crippen molar-refractivity contribution >= 4 is 11.6 Å². The summed E-state index contributed by atoms with van der Waals surface area (Å²) in [7, 11) is 0. The minimum Gasteiger partial charge on any atom is -0.426 e. The number of pyridine rings is 1. The number of nitrogen functional groups attached to an aromatic ring is 1. The molecule has 5 rings (SSSR count). The molecule has 10 nitrogen and oxygen atoms in total. The summed E-state index contributed by atoms with van der Waals surface area (Å²) in [5.41, 5.74) is 10.9. The molecule has 0 saturated heterocycles. The molecule has 0 radical (unpaired) electrons. The van der Waals surface area contributed by atoms with E-state index < -0.39 is 5.69 Å². The van der Waals surface area contributed by atoms with Crippen LogP contribution in [0.1, 0.15) is 17.3 Å². The van der Waals surface area contributed by atoms with Gasteiger partial charge in [-0.25, -0.2) is 18.9 Å². The van der Waals surface area contributed by atoms with E-state index in [1.54, 1.807) is 0 Å². The fraction of sp³-hybridized carbons (Fsp3) is 0.143. The summed E-state index contributed by atoms with van der Waals surface area (Å²) in [5.74, 6) is 0.305. The van der Waals surface area contributed by atoms with Crippen molar-refractivity contribution in [2.45, 2.75) is 20.4 Å². The van der Waals surface area contributed by atoms with Gasteiger partial charge in [-0.1, -0.05) is 30.3 Å². The summed E-state index contributed by atoms with van der Waals surface area (Å²) in [4.78, 5) is 22.1. The maximum atomic E-state index is 13.1. The van der Waals surface area contributed by atoms with Gasteiger partial charge in [-0.15, -0.1) is 15.3 Å². The van der Waals surface area contributed by atoms with Gasteiger partial charge in [0.25, 0.3) is 0 Å². The van der Waals surface area contributed by atoms with Gasteiger partial charge < -0.3 is 10.2 Å². The van der Waals surface area contributed by atoms with Crippen LogP contribution < -0.4 is 11.4 Å². The molecule has 0 aliphatic rings. The highest BCUT2D eigenvalue weighted by Gasteiger charge is 2.22. The summed E-state index contributed by atoms with van der Waals surface area (Å²) in [6, 6.07) is 13.5. The summed E-state index contributed by atoms with van der Waals surface area (Å²) < 4.78 is 7.70. The van der Waals surface area contributed by atoms with Crippen LogP contribution in [-0.4, -0.2) is 34.3 Å². The molecule has 0 bridgehead atoms. The van der Waals surface area contributed by atoms with E-state index in [1.165, 1.54) is 15.5 Å². The molecule has 0 spiro atoms. The van der Waals surface area contributed by atoms with Crippen molar-refractivity contribution in [1.82, 2.24) is 34.3 Å². The van der Waals surface area contributed by atoms with E-state index in [4.69, 9.17) is 10.2 Å². The van der Waals surface area contributed by atoms with Crippen LogP contribution in [0.4, 0.5) is 5.95 Å². The van der Waals surface area contributed by atoms with Crippen LogP contribution in [0.2, 0.25) is 0 Å². The number of aromatic nitrogens is 7. The molecule has 0 amide bonds. The van der Waals surface area contributed by atoms with Gasteiger partial charge in [-0.3, -0.25) is 4.98 Å². The third kappa shape index (κ3) is 3.23. The first-order chi connectivity index (χ1) is 15.0. The minimum atomic E-state index is -0.443. The Morgan fingerprint density at radius 1 is 1.03 bits per heavy atom. The summed E-state index contributed by atoms with van der Waals surface area (Å²) >= 11 is 0. The average Bonchev–Trinajstić information content (AvgIpc) is 3.36. The van der Waals surface area contributed by atoms with Crippen molar-refractivity contribution in [2.75, 3.05) is 5.73 Å². The molecule has 0 atom stereocenters. The Morgan fingerprint density at radius 2 is 1.77 bits per heavy atom. The van der Waals surface area contributed by atoms with Crippen molar-refractivity contribution in [3.8, 4) is 22.4 Å². The molecule has 0 saturated carbocycles. The van der Waals surface area contributed by atoms with Crippen LogP contribution in [0.25, 0.3) is 28.0 Å². The van der Waals surface area contributed by atoms with Gasteiger partial charge in [-0.2, -0.15) is 0 Å². The SMILES string of the molecule is Cc1cc(-c2c(-c3ccccc3)nc(N)n3c(=O)n(Cc4nnco4)nc23)cc(C)n1. The number of nitrogens with two attached hydrogens (primary N) is 1. The lowest BCUT2D eigenvalue weighted by molar-refractivity contribution is 0.459. The molecular weight excluding hydrogens is 396 g/mol. The van der Waals surface area contributed by atoms with Gasteiger partial charge >= 0.3 is 5.69 Å². The number of benzene rings is 1. The molecule has 5 aromatic rings. The third-order valence-corrected chi connectivity index (χ3v) is 4.86. The summed E-state index contributed by atoms with van der Waals surface area (Å²) in [6.07, 6.45) is 1.20. The van der Waals surface area contributed by atoms with E-state index in [0.29, 0.717) is 16.9 Å². The number of aryl methyl sites for hydroxylation is 2. The van der Waals surface area contributed by atoms with E-state index in [0.717, 1.165) is 22.5 Å². The van der Waals surface area contributed by atoms with Gasteiger partial charge in [0.2, 0.25) is 18.2 Å². The molecule has 0 fully saturated rings. The highest BCUT2D eigenvalue weighted by molar-refractivity contribution is 5.90. The van der Waals surface area contributed by atoms with Crippen molar-refractivity contribution in [3.63, 3.8) is 0 Å². The Bertz CT molecular complexity index is 1430. The van der Waals surface area contributed by atoms with Crippen molar-refractivity contribution in [3.05, 3.63) is 76.6 Å². The molecule has 0 aliphatic heterocycles. The number of anilines is 1. The van der Waals surface area contributed by atoms with Gasteiger partial charge in [0.15, 0.2) is 5.65 Å². The Morgan fingerprint density at radius 3 is 2.45 bits per heavy atom. The predicted molar refractivity (Wildman–Crippen MR) is 113 cm³/mol. The van der Waals surface area contributed by atoms with Crippen LogP contribution in [0.3, 0.4) is 0 Å². The van der Waals surface area contributed by atoms with Crippen molar-refractivity contribution in [1.29, 1.82) is 0 Å². The van der Waals surface area contributed by atoms with E-state index in [9.17, 15) is 4.79 Å². The van der Waals surface area contributed by atoms with Crippen LogP contribution in [0.5, 0.6) is 0 Å². The largest absolute Gasteiger partial charge is 0.426 e. The van der Waals surface area contributed by atoms with Crippen LogP contribution in [0, 0.1) is 13.8 Å².